The molecule has 0 fully saturated rings. The van der Waals surface area contributed by atoms with Crippen LogP contribution in [0.4, 0.5) is 0 Å². The van der Waals surface area contributed by atoms with E-state index in [9.17, 15) is 19.7 Å². The van der Waals surface area contributed by atoms with Crippen LogP contribution in [-0.4, -0.2) is 24.6 Å². The maximum atomic E-state index is 12.1. The quantitative estimate of drug-likeness (QED) is 0.191. The number of carbonyl (C=O) groups is 1. The van der Waals surface area contributed by atoms with Gasteiger partial charge in [-0.3, -0.25) is 10.1 Å². The number of benzene rings is 2. The SMILES string of the molecule is COc1cc(C=C[N+](=O)[O-])ccc1OC(=O)COc1ccc2c(C)cc(=O)oc2c1. The minimum absolute atomic E-state index is 0.143. The summed E-state index contributed by atoms with van der Waals surface area (Å²) >= 11 is 0. The smallest absolute Gasteiger partial charge is 0.349 e. The summed E-state index contributed by atoms with van der Waals surface area (Å²) in [5, 5.41) is 11.2. The normalized spacial score (nSPS) is 10.9. The molecule has 0 bridgehead atoms. The van der Waals surface area contributed by atoms with Crippen molar-refractivity contribution in [1.29, 1.82) is 0 Å². The van der Waals surface area contributed by atoms with E-state index in [0.29, 0.717) is 16.9 Å². The van der Waals surface area contributed by atoms with Crippen molar-refractivity contribution in [1.82, 2.24) is 0 Å². The third-order valence-electron chi connectivity index (χ3n) is 4.08. The van der Waals surface area contributed by atoms with Crippen LogP contribution >= 0.6 is 0 Å². The van der Waals surface area contributed by atoms with Gasteiger partial charge in [0.25, 0.3) is 0 Å². The van der Waals surface area contributed by atoms with Crippen molar-refractivity contribution >= 4 is 23.0 Å². The third kappa shape index (κ3) is 5.02. The van der Waals surface area contributed by atoms with E-state index in [-0.39, 0.29) is 11.5 Å². The van der Waals surface area contributed by atoms with Gasteiger partial charge in [0.05, 0.1) is 12.0 Å². The van der Waals surface area contributed by atoms with Gasteiger partial charge in [-0.2, -0.15) is 0 Å². The van der Waals surface area contributed by atoms with Crippen LogP contribution in [-0.2, 0) is 4.79 Å². The second-order valence-corrected chi connectivity index (χ2v) is 6.18. The van der Waals surface area contributed by atoms with E-state index in [1.54, 1.807) is 25.1 Å². The molecule has 0 atom stereocenters. The summed E-state index contributed by atoms with van der Waals surface area (Å²) in [6.45, 7) is 1.40. The van der Waals surface area contributed by atoms with E-state index in [1.807, 2.05) is 0 Å². The molecule has 0 saturated carbocycles. The van der Waals surface area contributed by atoms with Crippen molar-refractivity contribution in [2.24, 2.45) is 0 Å². The Kier molecular flexibility index (Phi) is 6.11. The molecule has 2 aromatic carbocycles. The van der Waals surface area contributed by atoms with Gasteiger partial charge >= 0.3 is 11.6 Å². The summed E-state index contributed by atoms with van der Waals surface area (Å²) in [6, 6.07) is 10.8. The number of hydrogen-bond donors (Lipinski definition) is 0. The summed E-state index contributed by atoms with van der Waals surface area (Å²) < 4.78 is 21.0. The topological polar surface area (TPSA) is 118 Å². The first-order valence-electron chi connectivity index (χ1n) is 8.73. The Hall–Kier alpha value is -4.14. The van der Waals surface area contributed by atoms with E-state index in [0.717, 1.165) is 17.1 Å². The van der Waals surface area contributed by atoms with Crippen molar-refractivity contribution < 1.29 is 28.3 Å². The molecule has 30 heavy (non-hydrogen) atoms. The van der Waals surface area contributed by atoms with Crippen molar-refractivity contribution in [2.75, 3.05) is 13.7 Å². The molecule has 0 N–H and O–H groups in total. The van der Waals surface area contributed by atoms with Gasteiger partial charge in [0.2, 0.25) is 6.20 Å². The van der Waals surface area contributed by atoms with Gasteiger partial charge in [0.1, 0.15) is 11.3 Å². The number of rotatable bonds is 7. The van der Waals surface area contributed by atoms with E-state index < -0.39 is 23.1 Å². The van der Waals surface area contributed by atoms with Gasteiger partial charge in [-0.15, -0.1) is 0 Å². The summed E-state index contributed by atoms with van der Waals surface area (Å²) in [6.07, 6.45) is 2.08. The minimum atomic E-state index is -0.687. The Labute approximate surface area is 170 Å². The molecule has 0 radical (unpaired) electrons. The lowest BCUT2D eigenvalue weighted by Gasteiger charge is -2.11. The lowest BCUT2D eigenvalue weighted by atomic mass is 10.1. The average Bonchev–Trinajstić information content (AvgIpc) is 2.71. The first kappa shape index (κ1) is 20.6. The monoisotopic (exact) mass is 411 g/mol. The Morgan fingerprint density at radius 3 is 2.70 bits per heavy atom. The van der Waals surface area contributed by atoms with Gasteiger partial charge in [0, 0.05) is 23.6 Å². The number of nitrogens with zero attached hydrogens (tertiary/aromatic N) is 1. The van der Waals surface area contributed by atoms with Crippen LogP contribution in [0.2, 0.25) is 0 Å². The second kappa shape index (κ2) is 8.91. The molecule has 3 rings (SSSR count). The van der Waals surface area contributed by atoms with Crippen molar-refractivity contribution in [2.45, 2.75) is 6.92 Å². The number of nitro groups is 1. The molecule has 0 amide bonds. The maximum Gasteiger partial charge on any atom is 0.349 e. The van der Waals surface area contributed by atoms with Gasteiger partial charge in [-0.1, -0.05) is 6.07 Å². The average molecular weight is 411 g/mol. The Morgan fingerprint density at radius 1 is 1.17 bits per heavy atom. The lowest BCUT2D eigenvalue weighted by molar-refractivity contribution is -0.400. The van der Waals surface area contributed by atoms with Crippen LogP contribution in [0.5, 0.6) is 17.2 Å². The summed E-state index contributed by atoms with van der Waals surface area (Å²) in [5.41, 5.74) is 1.16. The van der Waals surface area contributed by atoms with Crippen molar-refractivity contribution in [3.8, 4) is 17.2 Å². The minimum Gasteiger partial charge on any atom is -0.493 e. The lowest BCUT2D eigenvalue weighted by Crippen LogP contribution is -2.18. The first-order valence-corrected chi connectivity index (χ1v) is 8.73. The molecule has 0 saturated heterocycles. The standard InChI is InChI=1S/C21H17NO8/c1-13-9-20(23)30-18-11-15(4-5-16(13)18)28-12-21(24)29-17-6-3-14(7-8-22(25)26)10-19(17)27-2/h3-11H,12H2,1-2H3. The zero-order chi connectivity index (χ0) is 21.7. The highest BCUT2D eigenvalue weighted by Crippen LogP contribution is 2.29. The number of esters is 1. The molecular formula is C21H17NO8. The van der Waals surface area contributed by atoms with Crippen LogP contribution in [0.1, 0.15) is 11.1 Å². The molecule has 0 aliphatic rings. The van der Waals surface area contributed by atoms with Gasteiger partial charge in [0.15, 0.2) is 18.1 Å². The van der Waals surface area contributed by atoms with E-state index in [4.69, 9.17) is 18.6 Å². The van der Waals surface area contributed by atoms with Crippen LogP contribution in [0.3, 0.4) is 0 Å². The number of aryl methyl sites for hydroxylation is 1. The van der Waals surface area contributed by atoms with Gasteiger partial charge in [-0.05, 0) is 42.3 Å². The Morgan fingerprint density at radius 2 is 1.97 bits per heavy atom. The molecule has 9 nitrogen and oxygen atoms in total. The predicted molar refractivity (Wildman–Crippen MR) is 107 cm³/mol. The summed E-state index contributed by atoms with van der Waals surface area (Å²) in [7, 11) is 1.38. The van der Waals surface area contributed by atoms with Crippen molar-refractivity contribution in [3.63, 3.8) is 0 Å². The number of ether oxygens (including phenoxy) is 3. The number of fused-ring (bicyclic) bond motifs is 1. The van der Waals surface area contributed by atoms with E-state index in [1.165, 1.54) is 37.5 Å². The van der Waals surface area contributed by atoms with Gasteiger partial charge in [-0.25, -0.2) is 9.59 Å². The first-order chi connectivity index (χ1) is 14.4. The van der Waals surface area contributed by atoms with Crippen LogP contribution in [0, 0.1) is 17.0 Å². The fourth-order valence-electron chi connectivity index (χ4n) is 2.71. The molecule has 1 aromatic heterocycles. The van der Waals surface area contributed by atoms with Crippen LogP contribution in [0.25, 0.3) is 17.0 Å². The number of hydrogen-bond acceptors (Lipinski definition) is 8. The summed E-state index contributed by atoms with van der Waals surface area (Å²) in [4.78, 5) is 33.5. The zero-order valence-corrected chi connectivity index (χ0v) is 16.1. The second-order valence-electron chi connectivity index (χ2n) is 6.18. The number of methoxy groups -OCH3 is 1. The molecule has 0 aliphatic carbocycles. The van der Waals surface area contributed by atoms with E-state index >= 15 is 0 Å². The number of carbonyl (C=O) groups excluding carboxylic acids is 1. The third-order valence-corrected chi connectivity index (χ3v) is 4.08. The Bertz CT molecular complexity index is 1200. The highest BCUT2D eigenvalue weighted by molar-refractivity contribution is 5.81. The molecule has 3 aromatic rings. The molecular weight excluding hydrogens is 394 g/mol. The predicted octanol–water partition coefficient (Wildman–Crippen LogP) is 3.34. The highest BCUT2D eigenvalue weighted by atomic mass is 16.6. The van der Waals surface area contributed by atoms with Crippen LogP contribution < -0.4 is 19.8 Å². The molecule has 9 heteroatoms. The van der Waals surface area contributed by atoms with Crippen molar-refractivity contribution in [3.05, 3.63) is 80.3 Å². The molecule has 154 valence electrons. The van der Waals surface area contributed by atoms with E-state index in [2.05, 4.69) is 0 Å². The molecule has 0 unspecified atom stereocenters. The highest BCUT2D eigenvalue weighted by Gasteiger charge is 2.12. The van der Waals surface area contributed by atoms with Crippen LogP contribution in [0.15, 0.2) is 57.9 Å². The van der Waals surface area contributed by atoms with Gasteiger partial charge < -0.3 is 18.6 Å². The Balaban J connectivity index is 1.68. The fourth-order valence-corrected chi connectivity index (χ4v) is 2.71. The summed E-state index contributed by atoms with van der Waals surface area (Å²) in [5.74, 6) is 0.0226. The maximum absolute atomic E-state index is 12.1. The fraction of sp³-hybridized carbons (Fsp3) is 0.143. The largest absolute Gasteiger partial charge is 0.493 e. The molecule has 1 heterocycles. The molecule has 0 aliphatic heterocycles. The zero-order valence-electron chi connectivity index (χ0n) is 16.1. The molecule has 0 spiro atoms.